The van der Waals surface area contributed by atoms with Gasteiger partial charge in [-0.3, -0.25) is 4.79 Å². The molecule has 1 aromatic carbocycles. The van der Waals surface area contributed by atoms with Gasteiger partial charge < -0.3 is 9.47 Å². The SMILES string of the molecule is CCCCN1Cn2c(nc(C)c2-c2ccc(C(F)(F)CC(C)C)cc2)C1=O. The lowest BCUT2D eigenvalue weighted by molar-refractivity contribution is -0.0249. The molecule has 0 bridgehead atoms. The number of nitrogens with zero attached hydrogens (tertiary/aromatic N) is 3. The summed E-state index contributed by atoms with van der Waals surface area (Å²) in [7, 11) is 0. The second-order valence-electron chi connectivity index (χ2n) is 7.74. The number of aromatic nitrogens is 2. The van der Waals surface area contributed by atoms with Gasteiger partial charge in [-0.25, -0.2) is 13.8 Å². The van der Waals surface area contributed by atoms with Gasteiger partial charge in [-0.2, -0.15) is 0 Å². The topological polar surface area (TPSA) is 38.1 Å². The minimum Gasteiger partial charge on any atom is -0.318 e. The van der Waals surface area contributed by atoms with Crippen LogP contribution in [0.2, 0.25) is 0 Å². The number of rotatable bonds is 7. The number of aryl methyl sites for hydroxylation is 1. The van der Waals surface area contributed by atoms with E-state index in [-0.39, 0.29) is 23.8 Å². The minimum absolute atomic E-state index is 0.0272. The lowest BCUT2D eigenvalue weighted by atomic mass is 9.97. The quantitative estimate of drug-likeness (QED) is 0.666. The summed E-state index contributed by atoms with van der Waals surface area (Å²) in [5.41, 5.74) is 2.41. The van der Waals surface area contributed by atoms with Crippen molar-refractivity contribution in [3.63, 3.8) is 0 Å². The zero-order valence-corrected chi connectivity index (χ0v) is 16.4. The molecule has 0 N–H and O–H groups in total. The molecule has 0 spiro atoms. The van der Waals surface area contributed by atoms with Crippen molar-refractivity contribution in [2.75, 3.05) is 6.54 Å². The number of benzene rings is 1. The first-order valence-electron chi connectivity index (χ1n) is 9.59. The number of imidazole rings is 1. The third-order valence-corrected chi connectivity index (χ3v) is 4.96. The summed E-state index contributed by atoms with van der Waals surface area (Å²) in [5, 5.41) is 0. The Kier molecular flexibility index (Phi) is 5.36. The van der Waals surface area contributed by atoms with Crippen molar-refractivity contribution in [2.45, 2.75) is 59.5 Å². The highest BCUT2D eigenvalue weighted by atomic mass is 19.3. The third-order valence-electron chi connectivity index (χ3n) is 4.96. The highest BCUT2D eigenvalue weighted by Crippen LogP contribution is 2.36. The standard InChI is InChI=1S/C21H27F2N3O/c1-5-6-11-25-13-26-18(15(4)24-19(26)20(25)27)16-7-9-17(10-8-16)21(22,23)12-14(2)3/h7-10,14H,5-6,11-13H2,1-4H3. The molecule has 27 heavy (non-hydrogen) atoms. The first kappa shape index (κ1) is 19.5. The van der Waals surface area contributed by atoms with E-state index in [1.54, 1.807) is 30.9 Å². The first-order chi connectivity index (χ1) is 12.7. The predicted molar refractivity (Wildman–Crippen MR) is 102 cm³/mol. The smallest absolute Gasteiger partial charge is 0.291 e. The Balaban J connectivity index is 1.89. The van der Waals surface area contributed by atoms with Crippen molar-refractivity contribution in [1.29, 1.82) is 0 Å². The molecule has 1 aliphatic rings. The molecule has 0 atom stereocenters. The zero-order valence-electron chi connectivity index (χ0n) is 16.4. The third kappa shape index (κ3) is 3.75. The van der Waals surface area contributed by atoms with Crippen molar-refractivity contribution in [3.05, 3.63) is 41.3 Å². The first-order valence-corrected chi connectivity index (χ1v) is 9.59. The Morgan fingerprint density at radius 2 is 1.89 bits per heavy atom. The molecule has 1 aromatic heterocycles. The summed E-state index contributed by atoms with van der Waals surface area (Å²) in [6.45, 7) is 8.70. The van der Waals surface area contributed by atoms with Crippen molar-refractivity contribution in [2.24, 2.45) is 5.92 Å². The van der Waals surface area contributed by atoms with E-state index >= 15 is 0 Å². The monoisotopic (exact) mass is 375 g/mol. The van der Waals surface area contributed by atoms with Crippen LogP contribution in [0.4, 0.5) is 8.78 Å². The fourth-order valence-electron chi connectivity index (χ4n) is 3.64. The number of alkyl halides is 2. The molecule has 2 aromatic rings. The number of halogens is 2. The van der Waals surface area contributed by atoms with Crippen molar-refractivity contribution in [1.82, 2.24) is 14.5 Å². The Morgan fingerprint density at radius 1 is 1.22 bits per heavy atom. The average molecular weight is 375 g/mol. The number of amides is 1. The van der Waals surface area contributed by atoms with Gasteiger partial charge in [-0.1, -0.05) is 51.5 Å². The molecule has 0 unspecified atom stereocenters. The van der Waals surface area contributed by atoms with Gasteiger partial charge in [0.2, 0.25) is 5.82 Å². The van der Waals surface area contributed by atoms with Crippen LogP contribution in [-0.2, 0) is 12.6 Å². The molecule has 0 radical (unpaired) electrons. The summed E-state index contributed by atoms with van der Waals surface area (Å²) >= 11 is 0. The summed E-state index contributed by atoms with van der Waals surface area (Å²) in [5.74, 6) is -2.54. The zero-order chi connectivity index (χ0) is 19.8. The van der Waals surface area contributed by atoms with Crippen molar-refractivity contribution in [3.8, 4) is 11.3 Å². The van der Waals surface area contributed by atoms with Gasteiger partial charge >= 0.3 is 0 Å². The molecule has 0 saturated heterocycles. The molecular formula is C21H27F2N3O. The van der Waals surface area contributed by atoms with E-state index in [0.717, 1.165) is 29.8 Å². The number of fused-ring (bicyclic) bond motifs is 1. The summed E-state index contributed by atoms with van der Waals surface area (Å²) < 4.78 is 30.6. The summed E-state index contributed by atoms with van der Waals surface area (Å²) in [4.78, 5) is 18.8. The van der Waals surface area contributed by atoms with Crippen LogP contribution in [0.15, 0.2) is 24.3 Å². The van der Waals surface area contributed by atoms with E-state index in [1.165, 1.54) is 12.1 Å². The lowest BCUT2D eigenvalue weighted by Crippen LogP contribution is -2.26. The molecule has 6 heteroatoms. The van der Waals surface area contributed by atoms with Crippen LogP contribution in [0, 0.1) is 12.8 Å². The Hall–Kier alpha value is -2.24. The number of unbranched alkanes of at least 4 members (excludes halogenated alkanes) is 1. The maximum absolute atomic E-state index is 14.3. The largest absolute Gasteiger partial charge is 0.318 e. The van der Waals surface area contributed by atoms with E-state index in [0.29, 0.717) is 19.0 Å². The Bertz CT molecular complexity index is 825. The molecule has 3 rings (SSSR count). The van der Waals surface area contributed by atoms with Crippen LogP contribution in [0.25, 0.3) is 11.3 Å². The molecular weight excluding hydrogens is 348 g/mol. The fraction of sp³-hybridized carbons (Fsp3) is 0.524. The minimum atomic E-state index is -2.84. The molecule has 0 fully saturated rings. The number of carbonyl (C=O) groups is 1. The maximum atomic E-state index is 14.3. The van der Waals surface area contributed by atoms with Crippen LogP contribution >= 0.6 is 0 Å². The average Bonchev–Trinajstić information content (AvgIpc) is 3.07. The lowest BCUT2D eigenvalue weighted by Gasteiger charge is -2.19. The molecule has 1 amide bonds. The molecule has 4 nitrogen and oxygen atoms in total. The second-order valence-corrected chi connectivity index (χ2v) is 7.74. The van der Waals surface area contributed by atoms with E-state index in [1.807, 2.05) is 11.5 Å². The molecule has 1 aliphatic heterocycles. The van der Waals surface area contributed by atoms with Gasteiger partial charge in [0.15, 0.2) is 0 Å². The normalized spacial score (nSPS) is 14.3. The highest BCUT2D eigenvalue weighted by Gasteiger charge is 2.34. The van der Waals surface area contributed by atoms with Crippen LogP contribution in [0.5, 0.6) is 0 Å². The van der Waals surface area contributed by atoms with E-state index < -0.39 is 5.92 Å². The van der Waals surface area contributed by atoms with Gasteiger partial charge in [-0.05, 0) is 19.3 Å². The van der Waals surface area contributed by atoms with E-state index in [4.69, 9.17) is 0 Å². The van der Waals surface area contributed by atoms with Crippen molar-refractivity contribution < 1.29 is 13.6 Å². The summed E-state index contributed by atoms with van der Waals surface area (Å²) in [6, 6.07) is 6.39. The Morgan fingerprint density at radius 3 is 2.48 bits per heavy atom. The van der Waals surface area contributed by atoms with Crippen LogP contribution in [0.3, 0.4) is 0 Å². The number of carbonyl (C=O) groups excluding carboxylic acids is 1. The van der Waals surface area contributed by atoms with E-state index in [9.17, 15) is 13.6 Å². The van der Waals surface area contributed by atoms with Gasteiger partial charge in [-0.15, -0.1) is 0 Å². The molecule has 0 aliphatic carbocycles. The van der Waals surface area contributed by atoms with Crippen molar-refractivity contribution >= 4 is 5.91 Å². The number of hydrogen-bond donors (Lipinski definition) is 0. The predicted octanol–water partition coefficient (Wildman–Crippen LogP) is 5.21. The van der Waals surface area contributed by atoms with Crippen LogP contribution in [0.1, 0.15) is 61.9 Å². The van der Waals surface area contributed by atoms with Gasteiger partial charge in [0.05, 0.1) is 18.1 Å². The molecule has 0 saturated carbocycles. The van der Waals surface area contributed by atoms with Crippen LogP contribution < -0.4 is 0 Å². The highest BCUT2D eigenvalue weighted by molar-refractivity contribution is 5.94. The van der Waals surface area contributed by atoms with Crippen LogP contribution in [-0.4, -0.2) is 26.9 Å². The molecule has 2 heterocycles. The molecule has 146 valence electrons. The summed E-state index contributed by atoms with van der Waals surface area (Å²) in [6.07, 6.45) is 1.79. The second kappa shape index (κ2) is 7.41. The van der Waals surface area contributed by atoms with Gasteiger partial charge in [0.1, 0.15) is 0 Å². The fourth-order valence-corrected chi connectivity index (χ4v) is 3.64. The van der Waals surface area contributed by atoms with Gasteiger partial charge in [0, 0.05) is 24.1 Å². The van der Waals surface area contributed by atoms with E-state index in [2.05, 4.69) is 11.9 Å². The maximum Gasteiger partial charge on any atom is 0.291 e. The van der Waals surface area contributed by atoms with Gasteiger partial charge in [0.25, 0.3) is 11.8 Å². The number of hydrogen-bond acceptors (Lipinski definition) is 2. The Labute approximate surface area is 159 Å².